The lowest BCUT2D eigenvalue weighted by atomic mass is 9.99. The van der Waals surface area contributed by atoms with Gasteiger partial charge in [0.1, 0.15) is 6.04 Å². The van der Waals surface area contributed by atoms with E-state index in [1.165, 1.54) is 35.7 Å². The van der Waals surface area contributed by atoms with Crippen molar-refractivity contribution in [1.82, 2.24) is 9.62 Å². The Hall–Kier alpha value is -1.93. The number of hydrogen-bond acceptors (Lipinski definition) is 5. The van der Waals surface area contributed by atoms with Crippen LogP contribution in [0.25, 0.3) is 0 Å². The molecule has 0 aliphatic heterocycles. The quantitative estimate of drug-likeness (QED) is 0.658. The Morgan fingerprint density at radius 3 is 2.31 bits per heavy atom. The van der Waals surface area contributed by atoms with Gasteiger partial charge in [0.05, 0.1) is 12.0 Å². The Morgan fingerprint density at radius 2 is 1.81 bits per heavy atom. The van der Waals surface area contributed by atoms with E-state index >= 15 is 0 Å². The molecule has 7 nitrogen and oxygen atoms in total. The molecule has 8 heteroatoms. The maximum absolute atomic E-state index is 12.6. The summed E-state index contributed by atoms with van der Waals surface area (Å²) in [7, 11) is -2.40. The lowest BCUT2D eigenvalue weighted by Crippen LogP contribution is -2.45. The number of methoxy groups -OCH3 is 1. The molecule has 1 amide bonds. The number of ether oxygens (including phenoxy) is 1. The van der Waals surface area contributed by atoms with Crippen LogP contribution in [-0.2, 0) is 19.6 Å². The van der Waals surface area contributed by atoms with Crippen molar-refractivity contribution in [3.05, 3.63) is 29.8 Å². The van der Waals surface area contributed by atoms with Gasteiger partial charge >= 0.3 is 5.97 Å². The molecule has 0 saturated heterocycles. The highest BCUT2D eigenvalue weighted by atomic mass is 32.2. The van der Waals surface area contributed by atoms with E-state index < -0.39 is 27.9 Å². The molecule has 26 heavy (non-hydrogen) atoms. The van der Waals surface area contributed by atoms with Gasteiger partial charge in [-0.25, -0.2) is 13.2 Å². The fourth-order valence-corrected chi connectivity index (χ4v) is 4.04. The number of amides is 1. The first-order valence-corrected chi connectivity index (χ1v) is 10.2. The normalized spacial score (nSPS) is 13.9. The summed E-state index contributed by atoms with van der Waals surface area (Å²) in [4.78, 5) is 24.5. The van der Waals surface area contributed by atoms with Crippen molar-refractivity contribution in [2.75, 3.05) is 20.2 Å². The van der Waals surface area contributed by atoms with Crippen LogP contribution in [0.1, 0.15) is 44.5 Å². The topological polar surface area (TPSA) is 92.8 Å². The van der Waals surface area contributed by atoms with Gasteiger partial charge in [-0.15, -0.1) is 0 Å². The first-order valence-electron chi connectivity index (χ1n) is 8.71. The molecular formula is C18H28N2O5S. The van der Waals surface area contributed by atoms with E-state index in [1.807, 2.05) is 13.8 Å². The van der Waals surface area contributed by atoms with E-state index in [0.29, 0.717) is 19.5 Å². The number of hydrogen-bond donors (Lipinski definition) is 1. The molecule has 0 spiro atoms. The summed E-state index contributed by atoms with van der Waals surface area (Å²) in [5.74, 6) is -1.16. The fourth-order valence-electron chi connectivity index (χ4n) is 2.53. The minimum atomic E-state index is -3.67. The molecule has 0 aromatic heterocycles. The molecule has 2 atom stereocenters. The largest absolute Gasteiger partial charge is 0.467 e. The number of esters is 1. The van der Waals surface area contributed by atoms with Gasteiger partial charge in [0.15, 0.2) is 0 Å². The lowest BCUT2D eigenvalue weighted by Gasteiger charge is -2.22. The summed E-state index contributed by atoms with van der Waals surface area (Å²) in [6, 6.07) is 5.02. The highest BCUT2D eigenvalue weighted by Crippen LogP contribution is 2.18. The summed E-state index contributed by atoms with van der Waals surface area (Å²) < 4.78 is 31.3. The van der Waals surface area contributed by atoms with Crippen molar-refractivity contribution < 1.29 is 22.7 Å². The molecule has 1 aromatic carbocycles. The van der Waals surface area contributed by atoms with Gasteiger partial charge < -0.3 is 10.1 Å². The minimum Gasteiger partial charge on any atom is -0.467 e. The smallest absolute Gasteiger partial charge is 0.328 e. The number of nitrogens with one attached hydrogen (secondary N) is 1. The van der Waals surface area contributed by atoms with Crippen LogP contribution in [0, 0.1) is 5.92 Å². The van der Waals surface area contributed by atoms with Crippen molar-refractivity contribution >= 4 is 21.9 Å². The monoisotopic (exact) mass is 384 g/mol. The highest BCUT2D eigenvalue weighted by molar-refractivity contribution is 7.89. The van der Waals surface area contributed by atoms with Gasteiger partial charge in [-0.3, -0.25) is 4.79 Å². The van der Waals surface area contributed by atoms with Gasteiger partial charge in [-0.2, -0.15) is 4.31 Å². The van der Waals surface area contributed by atoms with Crippen LogP contribution in [-0.4, -0.2) is 50.8 Å². The van der Waals surface area contributed by atoms with Crippen molar-refractivity contribution in [3.8, 4) is 0 Å². The Morgan fingerprint density at radius 1 is 1.19 bits per heavy atom. The Kier molecular flexibility index (Phi) is 8.23. The van der Waals surface area contributed by atoms with Crippen LogP contribution in [0.5, 0.6) is 0 Å². The van der Waals surface area contributed by atoms with Crippen LogP contribution in [0.15, 0.2) is 29.2 Å². The molecule has 1 rings (SSSR count). The zero-order valence-electron chi connectivity index (χ0n) is 16.0. The zero-order valence-corrected chi connectivity index (χ0v) is 16.8. The lowest BCUT2D eigenvalue weighted by molar-refractivity contribution is -0.144. The maximum Gasteiger partial charge on any atom is 0.328 e. The molecule has 0 heterocycles. The molecule has 0 radical (unpaired) electrons. The molecule has 146 valence electrons. The third kappa shape index (κ3) is 5.04. The molecule has 0 aliphatic carbocycles. The zero-order chi connectivity index (χ0) is 19.9. The van der Waals surface area contributed by atoms with Gasteiger partial charge in [-0.05, 0) is 24.1 Å². The van der Waals surface area contributed by atoms with Crippen LogP contribution in [0.3, 0.4) is 0 Å². The number of rotatable bonds is 9. The Balaban J connectivity index is 3.13. The number of nitrogens with zero attached hydrogens (tertiary/aromatic N) is 1. The van der Waals surface area contributed by atoms with Gasteiger partial charge in [-0.1, -0.05) is 40.2 Å². The first-order chi connectivity index (χ1) is 12.2. The summed E-state index contributed by atoms with van der Waals surface area (Å²) >= 11 is 0. The van der Waals surface area contributed by atoms with Crippen LogP contribution in [0.2, 0.25) is 0 Å². The molecule has 1 aromatic rings. The second-order valence-electron chi connectivity index (χ2n) is 5.98. The van der Waals surface area contributed by atoms with E-state index in [4.69, 9.17) is 4.74 Å². The van der Waals surface area contributed by atoms with Gasteiger partial charge in [0.25, 0.3) is 5.91 Å². The van der Waals surface area contributed by atoms with E-state index in [0.717, 1.165) is 0 Å². The number of carbonyl (C=O) groups excluding carboxylic acids is 2. The first kappa shape index (κ1) is 22.1. The Bertz CT molecular complexity index is 729. The van der Waals surface area contributed by atoms with E-state index in [2.05, 4.69) is 5.32 Å². The predicted molar refractivity (Wildman–Crippen MR) is 99.3 cm³/mol. The third-order valence-corrected chi connectivity index (χ3v) is 6.44. The fraction of sp³-hybridized carbons (Fsp3) is 0.556. The van der Waals surface area contributed by atoms with E-state index in [9.17, 15) is 18.0 Å². The van der Waals surface area contributed by atoms with E-state index in [-0.39, 0.29) is 16.4 Å². The molecule has 0 fully saturated rings. The summed E-state index contributed by atoms with van der Waals surface area (Å²) in [5.41, 5.74) is 0.176. The average molecular weight is 384 g/mol. The predicted octanol–water partition coefficient (Wildman–Crippen LogP) is 2.03. The average Bonchev–Trinajstić information content (AvgIpc) is 2.65. The number of benzene rings is 1. The van der Waals surface area contributed by atoms with Crippen molar-refractivity contribution in [2.24, 2.45) is 5.92 Å². The standard InChI is InChI=1S/C18H28N2O5S/c1-6-13(4)16(18(22)25-5)19-17(21)14-10-9-11-15(12-14)26(23,24)20(7-2)8-3/h9-13,16H,6-8H2,1-5H3,(H,19,21)/t13-,16-/m0/s1. The summed E-state index contributed by atoms with van der Waals surface area (Å²) in [6.07, 6.45) is 0.677. The number of sulfonamides is 1. The van der Waals surface area contributed by atoms with Crippen LogP contribution in [0.4, 0.5) is 0 Å². The molecule has 0 saturated carbocycles. The third-order valence-electron chi connectivity index (χ3n) is 4.39. The van der Waals surface area contributed by atoms with Crippen molar-refractivity contribution in [2.45, 2.75) is 45.1 Å². The van der Waals surface area contributed by atoms with Crippen molar-refractivity contribution in [3.63, 3.8) is 0 Å². The second-order valence-corrected chi connectivity index (χ2v) is 7.91. The molecule has 0 aliphatic rings. The maximum atomic E-state index is 12.6. The highest BCUT2D eigenvalue weighted by Gasteiger charge is 2.28. The summed E-state index contributed by atoms with van der Waals surface area (Å²) in [5, 5.41) is 2.65. The van der Waals surface area contributed by atoms with Gasteiger partial charge in [0, 0.05) is 18.7 Å². The van der Waals surface area contributed by atoms with Crippen LogP contribution < -0.4 is 5.32 Å². The number of carbonyl (C=O) groups is 2. The van der Waals surface area contributed by atoms with Crippen LogP contribution >= 0.6 is 0 Å². The SMILES string of the molecule is CC[C@H](C)[C@H](NC(=O)c1cccc(S(=O)(=O)N(CC)CC)c1)C(=O)OC. The minimum absolute atomic E-state index is 0.0482. The molecule has 1 N–H and O–H groups in total. The summed E-state index contributed by atoms with van der Waals surface area (Å²) in [6.45, 7) is 7.93. The van der Waals surface area contributed by atoms with Crippen molar-refractivity contribution in [1.29, 1.82) is 0 Å². The molecular weight excluding hydrogens is 356 g/mol. The molecule has 0 unspecified atom stereocenters. The van der Waals surface area contributed by atoms with Gasteiger partial charge in [0.2, 0.25) is 10.0 Å². The second kappa shape index (κ2) is 9.68. The Labute approximate surface area is 155 Å². The van der Waals surface area contributed by atoms with E-state index in [1.54, 1.807) is 13.8 Å². The molecule has 0 bridgehead atoms.